The van der Waals surface area contributed by atoms with Crippen LogP contribution in [-0.4, -0.2) is 11.0 Å². The fourth-order valence-corrected chi connectivity index (χ4v) is 2.61. The maximum Gasteiger partial charge on any atom is 0.0951 e. The zero-order chi connectivity index (χ0) is 14.7. The van der Waals surface area contributed by atoms with Crippen LogP contribution >= 0.6 is 0 Å². The molecular weight excluding hydrogens is 258 g/mol. The molecule has 3 rings (SSSR count). The largest absolute Gasteiger partial charge is 0.397 e. The number of nitrogens with one attached hydrogen (secondary N) is 1. The van der Waals surface area contributed by atoms with Gasteiger partial charge in [0.1, 0.15) is 0 Å². The number of para-hydroxylation sites is 1. The number of benzene rings is 2. The Morgan fingerprint density at radius 1 is 1.05 bits per heavy atom. The van der Waals surface area contributed by atoms with Gasteiger partial charge in [0.05, 0.1) is 11.2 Å². The van der Waals surface area contributed by atoms with Gasteiger partial charge in [0.2, 0.25) is 0 Å². The van der Waals surface area contributed by atoms with Crippen molar-refractivity contribution in [1.29, 1.82) is 0 Å². The highest BCUT2D eigenvalue weighted by Gasteiger charge is 2.08. The van der Waals surface area contributed by atoms with Crippen molar-refractivity contribution in [2.24, 2.45) is 0 Å². The van der Waals surface area contributed by atoms with E-state index in [1.165, 1.54) is 5.56 Å². The summed E-state index contributed by atoms with van der Waals surface area (Å²) in [5.41, 5.74) is 9.97. The van der Waals surface area contributed by atoms with Crippen molar-refractivity contribution in [2.75, 3.05) is 11.1 Å². The summed E-state index contributed by atoms with van der Waals surface area (Å²) >= 11 is 0. The van der Waals surface area contributed by atoms with E-state index in [4.69, 9.17) is 5.73 Å². The average molecular weight is 277 g/mol. The smallest absolute Gasteiger partial charge is 0.0951 e. The summed E-state index contributed by atoms with van der Waals surface area (Å²) in [6.45, 7) is 2.19. The Kier molecular flexibility index (Phi) is 3.73. The van der Waals surface area contributed by atoms with E-state index in [0.29, 0.717) is 11.7 Å². The van der Waals surface area contributed by atoms with Crippen molar-refractivity contribution < 1.29 is 0 Å². The highest BCUT2D eigenvalue weighted by Crippen LogP contribution is 2.26. The third-order valence-corrected chi connectivity index (χ3v) is 3.59. The van der Waals surface area contributed by atoms with Gasteiger partial charge in [0, 0.05) is 23.3 Å². The van der Waals surface area contributed by atoms with Gasteiger partial charge in [0.15, 0.2) is 0 Å². The minimum Gasteiger partial charge on any atom is -0.397 e. The van der Waals surface area contributed by atoms with Crippen LogP contribution < -0.4 is 11.1 Å². The van der Waals surface area contributed by atoms with Crippen molar-refractivity contribution in [3.8, 4) is 0 Å². The van der Waals surface area contributed by atoms with Gasteiger partial charge < -0.3 is 11.1 Å². The summed E-state index contributed by atoms with van der Waals surface area (Å²) < 4.78 is 0. The fourth-order valence-electron chi connectivity index (χ4n) is 2.61. The van der Waals surface area contributed by atoms with Crippen LogP contribution in [0.3, 0.4) is 0 Å². The van der Waals surface area contributed by atoms with Crippen LogP contribution in [0, 0.1) is 0 Å². The lowest BCUT2D eigenvalue weighted by molar-refractivity contribution is 0.791. The number of hydrogen-bond donors (Lipinski definition) is 2. The summed E-state index contributed by atoms with van der Waals surface area (Å²) in [7, 11) is 0. The van der Waals surface area contributed by atoms with E-state index in [-0.39, 0.29) is 0 Å². The van der Waals surface area contributed by atoms with Crippen molar-refractivity contribution in [3.05, 3.63) is 66.4 Å². The number of hydrogen-bond acceptors (Lipinski definition) is 3. The van der Waals surface area contributed by atoms with Gasteiger partial charge in [-0.25, -0.2) is 0 Å². The molecule has 3 N–H and O–H groups in total. The second-order valence-corrected chi connectivity index (χ2v) is 5.34. The SMILES string of the molecule is CC(Cc1ccccc1)Nc1ccnc2c(N)cccc12. The van der Waals surface area contributed by atoms with Crippen molar-refractivity contribution in [2.45, 2.75) is 19.4 Å². The van der Waals surface area contributed by atoms with Crippen molar-refractivity contribution in [3.63, 3.8) is 0 Å². The van der Waals surface area contributed by atoms with E-state index in [1.54, 1.807) is 6.20 Å². The molecule has 1 aromatic heterocycles. The van der Waals surface area contributed by atoms with Crippen LogP contribution in [0.4, 0.5) is 11.4 Å². The van der Waals surface area contributed by atoms with E-state index < -0.39 is 0 Å². The van der Waals surface area contributed by atoms with Gasteiger partial charge in [-0.2, -0.15) is 0 Å². The first kappa shape index (κ1) is 13.4. The van der Waals surface area contributed by atoms with Gasteiger partial charge in [0.25, 0.3) is 0 Å². The maximum atomic E-state index is 5.99. The number of rotatable bonds is 4. The molecule has 3 aromatic rings. The monoisotopic (exact) mass is 277 g/mol. The number of aromatic nitrogens is 1. The summed E-state index contributed by atoms with van der Waals surface area (Å²) in [4.78, 5) is 4.37. The van der Waals surface area contributed by atoms with Crippen LogP contribution in [-0.2, 0) is 6.42 Å². The van der Waals surface area contributed by atoms with E-state index in [9.17, 15) is 0 Å². The summed E-state index contributed by atoms with van der Waals surface area (Å²) in [6, 6.07) is 18.7. The fraction of sp³-hybridized carbons (Fsp3) is 0.167. The molecule has 0 aliphatic heterocycles. The quantitative estimate of drug-likeness (QED) is 0.712. The highest BCUT2D eigenvalue weighted by molar-refractivity contribution is 5.97. The van der Waals surface area contributed by atoms with Crippen LogP contribution in [0.15, 0.2) is 60.8 Å². The Labute approximate surface area is 124 Å². The molecule has 0 saturated carbocycles. The zero-order valence-electron chi connectivity index (χ0n) is 12.1. The highest BCUT2D eigenvalue weighted by atomic mass is 14.9. The van der Waals surface area contributed by atoms with Gasteiger partial charge in [-0.15, -0.1) is 0 Å². The molecule has 1 heterocycles. The number of pyridine rings is 1. The number of fused-ring (bicyclic) bond motifs is 1. The molecule has 0 aliphatic rings. The Morgan fingerprint density at radius 2 is 1.86 bits per heavy atom. The van der Waals surface area contributed by atoms with Crippen LogP contribution in [0.2, 0.25) is 0 Å². The third kappa shape index (κ3) is 2.97. The van der Waals surface area contributed by atoms with Gasteiger partial charge in [-0.05, 0) is 31.0 Å². The Hall–Kier alpha value is -2.55. The molecule has 3 heteroatoms. The van der Waals surface area contributed by atoms with E-state index in [0.717, 1.165) is 23.0 Å². The Balaban J connectivity index is 1.83. The second-order valence-electron chi connectivity index (χ2n) is 5.34. The molecule has 0 saturated heterocycles. The van der Waals surface area contributed by atoms with Crippen LogP contribution in [0.5, 0.6) is 0 Å². The molecular formula is C18H19N3. The molecule has 3 nitrogen and oxygen atoms in total. The molecule has 0 fully saturated rings. The Morgan fingerprint density at radius 3 is 2.67 bits per heavy atom. The molecule has 1 atom stereocenters. The maximum absolute atomic E-state index is 5.99. The first-order chi connectivity index (χ1) is 10.2. The predicted octanol–water partition coefficient (Wildman–Crippen LogP) is 3.86. The van der Waals surface area contributed by atoms with Crippen molar-refractivity contribution >= 4 is 22.3 Å². The topological polar surface area (TPSA) is 50.9 Å². The first-order valence-electron chi connectivity index (χ1n) is 7.18. The molecule has 21 heavy (non-hydrogen) atoms. The molecule has 0 bridgehead atoms. The molecule has 106 valence electrons. The first-order valence-corrected chi connectivity index (χ1v) is 7.18. The van der Waals surface area contributed by atoms with Gasteiger partial charge >= 0.3 is 0 Å². The van der Waals surface area contributed by atoms with E-state index >= 15 is 0 Å². The Bertz CT molecular complexity index is 738. The van der Waals surface area contributed by atoms with E-state index in [1.807, 2.05) is 24.3 Å². The molecule has 0 radical (unpaired) electrons. The normalized spacial score (nSPS) is 12.2. The predicted molar refractivity (Wildman–Crippen MR) is 89.4 cm³/mol. The van der Waals surface area contributed by atoms with Crippen LogP contribution in [0.1, 0.15) is 12.5 Å². The summed E-state index contributed by atoms with van der Waals surface area (Å²) in [6.07, 6.45) is 2.78. The molecule has 0 spiro atoms. The van der Waals surface area contributed by atoms with Gasteiger partial charge in [-0.1, -0.05) is 42.5 Å². The number of nitrogens with zero attached hydrogens (tertiary/aromatic N) is 1. The second kappa shape index (κ2) is 5.83. The number of nitrogen functional groups attached to an aromatic ring is 1. The lowest BCUT2D eigenvalue weighted by atomic mass is 10.1. The minimum absolute atomic E-state index is 0.333. The number of nitrogens with two attached hydrogens (primary N) is 1. The lowest BCUT2D eigenvalue weighted by Crippen LogP contribution is -2.18. The minimum atomic E-state index is 0.333. The van der Waals surface area contributed by atoms with Crippen molar-refractivity contribution in [1.82, 2.24) is 4.98 Å². The number of anilines is 2. The molecule has 1 unspecified atom stereocenters. The third-order valence-electron chi connectivity index (χ3n) is 3.59. The molecule has 0 amide bonds. The molecule has 0 aliphatic carbocycles. The lowest BCUT2D eigenvalue weighted by Gasteiger charge is -2.17. The van der Waals surface area contributed by atoms with Crippen LogP contribution in [0.25, 0.3) is 10.9 Å². The molecule has 2 aromatic carbocycles. The summed E-state index contributed by atoms with van der Waals surface area (Å²) in [5, 5.41) is 4.63. The zero-order valence-corrected chi connectivity index (χ0v) is 12.1. The summed E-state index contributed by atoms with van der Waals surface area (Å²) in [5.74, 6) is 0. The standard InChI is InChI=1S/C18H19N3/c1-13(12-14-6-3-2-4-7-14)21-17-10-11-20-18-15(17)8-5-9-16(18)19/h2-11,13H,12,19H2,1H3,(H,20,21). The van der Waals surface area contributed by atoms with E-state index in [2.05, 4.69) is 47.6 Å². The average Bonchev–Trinajstić information content (AvgIpc) is 2.49. The van der Waals surface area contributed by atoms with Gasteiger partial charge in [-0.3, -0.25) is 4.98 Å².